The number of hydrogen-bond donors (Lipinski definition) is 0. The van der Waals surface area contributed by atoms with Crippen LogP contribution in [0.15, 0.2) is 29.0 Å². The maximum Gasteiger partial charge on any atom is 0.125 e. The van der Waals surface area contributed by atoms with Crippen molar-refractivity contribution in [1.29, 1.82) is 0 Å². The fraction of sp³-hybridized carbons (Fsp3) is 0.200. The van der Waals surface area contributed by atoms with Crippen LogP contribution in [0.3, 0.4) is 0 Å². The number of fused-ring (bicyclic) bond motifs is 1. The minimum absolute atomic E-state index is 0.660. The summed E-state index contributed by atoms with van der Waals surface area (Å²) in [7, 11) is 0. The molecule has 4 heteroatoms. The summed E-state index contributed by atoms with van der Waals surface area (Å²) in [5.41, 5.74) is 1.71. The number of benzene rings is 1. The molecule has 72 valence electrons. The molecule has 1 aromatic carbocycles. The first-order valence-corrected chi connectivity index (χ1v) is 5.14. The van der Waals surface area contributed by atoms with E-state index in [1.54, 1.807) is 6.20 Å². The molecular formula is C10H9BrN2O. The predicted octanol–water partition coefficient (Wildman–Crippen LogP) is 2.79. The van der Waals surface area contributed by atoms with Crippen molar-refractivity contribution in [2.24, 2.45) is 0 Å². The van der Waals surface area contributed by atoms with Crippen LogP contribution in [0.2, 0.25) is 0 Å². The Morgan fingerprint density at radius 2 is 2.21 bits per heavy atom. The highest BCUT2D eigenvalue weighted by molar-refractivity contribution is 9.10. The Morgan fingerprint density at radius 1 is 1.36 bits per heavy atom. The van der Waals surface area contributed by atoms with E-state index in [4.69, 9.17) is 4.74 Å². The van der Waals surface area contributed by atoms with Gasteiger partial charge < -0.3 is 4.74 Å². The molecule has 1 aromatic heterocycles. The van der Waals surface area contributed by atoms with Crippen LogP contribution in [-0.4, -0.2) is 16.6 Å². The van der Waals surface area contributed by atoms with Gasteiger partial charge in [-0.1, -0.05) is 0 Å². The van der Waals surface area contributed by atoms with Gasteiger partial charge in [0.05, 0.1) is 23.8 Å². The fourth-order valence-corrected chi connectivity index (χ4v) is 1.52. The third kappa shape index (κ3) is 1.85. The summed E-state index contributed by atoms with van der Waals surface area (Å²) in [6.07, 6.45) is 1.68. The van der Waals surface area contributed by atoms with Crippen LogP contribution < -0.4 is 4.74 Å². The Labute approximate surface area is 90.3 Å². The standard InChI is InChI=1S/C10H9BrN2O/c1-2-14-7-3-4-8-9(5-7)13-10(11)6-12-8/h3-6H,2H2,1H3. The van der Waals surface area contributed by atoms with Crippen LogP contribution in [0.4, 0.5) is 0 Å². The summed E-state index contributed by atoms with van der Waals surface area (Å²) in [5, 5.41) is 0. The minimum Gasteiger partial charge on any atom is -0.494 e. The van der Waals surface area contributed by atoms with E-state index < -0.39 is 0 Å². The van der Waals surface area contributed by atoms with Gasteiger partial charge in [-0.2, -0.15) is 0 Å². The van der Waals surface area contributed by atoms with E-state index >= 15 is 0 Å². The molecule has 2 aromatic rings. The van der Waals surface area contributed by atoms with Gasteiger partial charge in [0.2, 0.25) is 0 Å². The highest BCUT2D eigenvalue weighted by Crippen LogP contribution is 2.19. The number of rotatable bonds is 2. The number of ether oxygens (including phenoxy) is 1. The molecule has 0 unspecified atom stereocenters. The number of hydrogen-bond acceptors (Lipinski definition) is 3. The summed E-state index contributed by atoms with van der Waals surface area (Å²) in [6, 6.07) is 5.69. The van der Waals surface area contributed by atoms with Gasteiger partial charge in [0.15, 0.2) is 0 Å². The van der Waals surface area contributed by atoms with Crippen LogP contribution in [-0.2, 0) is 0 Å². The predicted molar refractivity (Wildman–Crippen MR) is 58.4 cm³/mol. The molecule has 0 saturated carbocycles. The van der Waals surface area contributed by atoms with Crippen LogP contribution in [0.25, 0.3) is 11.0 Å². The lowest BCUT2D eigenvalue weighted by Gasteiger charge is -2.03. The molecule has 0 atom stereocenters. The summed E-state index contributed by atoms with van der Waals surface area (Å²) >= 11 is 3.28. The largest absolute Gasteiger partial charge is 0.494 e. The Balaban J connectivity index is 2.52. The third-order valence-corrected chi connectivity index (χ3v) is 2.18. The van der Waals surface area contributed by atoms with E-state index in [1.807, 2.05) is 25.1 Å². The number of nitrogens with zero attached hydrogens (tertiary/aromatic N) is 2. The first kappa shape index (κ1) is 9.40. The van der Waals surface area contributed by atoms with Gasteiger partial charge in [-0.05, 0) is 35.0 Å². The monoisotopic (exact) mass is 252 g/mol. The minimum atomic E-state index is 0.660. The summed E-state index contributed by atoms with van der Waals surface area (Å²) in [5.74, 6) is 0.826. The van der Waals surface area contributed by atoms with Crippen LogP contribution >= 0.6 is 15.9 Å². The van der Waals surface area contributed by atoms with Gasteiger partial charge in [0, 0.05) is 6.07 Å². The first-order valence-electron chi connectivity index (χ1n) is 4.34. The molecule has 14 heavy (non-hydrogen) atoms. The normalized spacial score (nSPS) is 10.4. The lowest BCUT2D eigenvalue weighted by atomic mass is 10.3. The highest BCUT2D eigenvalue weighted by atomic mass is 79.9. The van der Waals surface area contributed by atoms with Crippen molar-refractivity contribution in [3.05, 3.63) is 29.0 Å². The highest BCUT2D eigenvalue weighted by Gasteiger charge is 1.99. The van der Waals surface area contributed by atoms with Gasteiger partial charge in [-0.3, -0.25) is 4.98 Å². The Bertz CT molecular complexity index is 459. The van der Waals surface area contributed by atoms with Gasteiger partial charge >= 0.3 is 0 Å². The average Bonchev–Trinajstić information content (AvgIpc) is 2.17. The molecule has 0 amide bonds. The van der Waals surface area contributed by atoms with Crippen molar-refractivity contribution in [1.82, 2.24) is 9.97 Å². The summed E-state index contributed by atoms with van der Waals surface area (Å²) in [4.78, 5) is 8.51. The molecule has 0 aliphatic carbocycles. The molecular weight excluding hydrogens is 244 g/mol. The van der Waals surface area contributed by atoms with Gasteiger partial charge in [-0.15, -0.1) is 0 Å². The zero-order valence-corrected chi connectivity index (χ0v) is 9.28. The van der Waals surface area contributed by atoms with E-state index in [9.17, 15) is 0 Å². The molecule has 0 bridgehead atoms. The second kappa shape index (κ2) is 3.92. The Morgan fingerprint density at radius 3 is 3.00 bits per heavy atom. The van der Waals surface area contributed by atoms with E-state index in [-0.39, 0.29) is 0 Å². The van der Waals surface area contributed by atoms with E-state index in [0.29, 0.717) is 6.61 Å². The molecule has 0 N–H and O–H groups in total. The number of halogens is 1. The van der Waals surface area contributed by atoms with Crippen molar-refractivity contribution >= 4 is 27.0 Å². The Kier molecular flexibility index (Phi) is 2.63. The van der Waals surface area contributed by atoms with Gasteiger partial charge in [-0.25, -0.2) is 4.98 Å². The number of aromatic nitrogens is 2. The molecule has 0 spiro atoms. The molecule has 1 heterocycles. The van der Waals surface area contributed by atoms with E-state index in [0.717, 1.165) is 21.4 Å². The first-order chi connectivity index (χ1) is 6.79. The molecule has 3 nitrogen and oxygen atoms in total. The molecule has 0 aliphatic heterocycles. The lowest BCUT2D eigenvalue weighted by molar-refractivity contribution is 0.340. The molecule has 2 rings (SSSR count). The topological polar surface area (TPSA) is 35.0 Å². The van der Waals surface area contributed by atoms with Crippen molar-refractivity contribution in [2.75, 3.05) is 6.61 Å². The van der Waals surface area contributed by atoms with E-state index in [1.165, 1.54) is 0 Å². The van der Waals surface area contributed by atoms with Crippen LogP contribution in [0.1, 0.15) is 6.92 Å². The third-order valence-electron chi connectivity index (χ3n) is 1.80. The average molecular weight is 253 g/mol. The zero-order chi connectivity index (χ0) is 9.97. The SMILES string of the molecule is CCOc1ccc2ncc(Br)nc2c1. The second-order valence-electron chi connectivity index (χ2n) is 2.78. The van der Waals surface area contributed by atoms with Crippen molar-refractivity contribution in [3.8, 4) is 5.75 Å². The van der Waals surface area contributed by atoms with Gasteiger partial charge in [0.25, 0.3) is 0 Å². The van der Waals surface area contributed by atoms with Crippen molar-refractivity contribution in [2.45, 2.75) is 6.92 Å². The van der Waals surface area contributed by atoms with Crippen molar-refractivity contribution < 1.29 is 4.74 Å². The maximum atomic E-state index is 5.37. The molecule has 0 fully saturated rings. The van der Waals surface area contributed by atoms with Gasteiger partial charge in [0.1, 0.15) is 10.4 Å². The van der Waals surface area contributed by atoms with E-state index in [2.05, 4.69) is 25.9 Å². The molecule has 0 saturated heterocycles. The summed E-state index contributed by atoms with van der Waals surface area (Å²) in [6.45, 7) is 2.61. The van der Waals surface area contributed by atoms with Crippen molar-refractivity contribution in [3.63, 3.8) is 0 Å². The molecule has 0 aliphatic rings. The smallest absolute Gasteiger partial charge is 0.125 e. The fourth-order valence-electron chi connectivity index (χ4n) is 1.23. The lowest BCUT2D eigenvalue weighted by Crippen LogP contribution is -1.92. The quantitative estimate of drug-likeness (QED) is 0.825. The molecule has 0 radical (unpaired) electrons. The van der Waals surface area contributed by atoms with Crippen LogP contribution in [0.5, 0.6) is 5.75 Å². The second-order valence-corrected chi connectivity index (χ2v) is 3.59. The van der Waals surface area contributed by atoms with Crippen LogP contribution in [0, 0.1) is 0 Å². The Hall–Kier alpha value is -1.16. The maximum absolute atomic E-state index is 5.37. The zero-order valence-electron chi connectivity index (χ0n) is 7.70. The summed E-state index contributed by atoms with van der Waals surface area (Å²) < 4.78 is 6.11.